The third-order valence-electron chi connectivity index (χ3n) is 3.31. The molecule has 2 aromatic rings. The number of benzene rings is 2. The summed E-state index contributed by atoms with van der Waals surface area (Å²) in [6, 6.07) is 13.8. The number of aryl methyl sites for hydroxylation is 1. The van der Waals surface area contributed by atoms with Gasteiger partial charge in [0.25, 0.3) is 0 Å². The lowest BCUT2D eigenvalue weighted by atomic mass is 9.97. The Balaban J connectivity index is 2.34. The van der Waals surface area contributed by atoms with Crippen LogP contribution in [0, 0.1) is 0 Å². The molecule has 0 bridgehead atoms. The van der Waals surface area contributed by atoms with Crippen molar-refractivity contribution >= 4 is 23.2 Å². The first-order valence-electron chi connectivity index (χ1n) is 6.66. The summed E-state index contributed by atoms with van der Waals surface area (Å²) in [5, 5.41) is 1.07. The average Bonchev–Trinajstić information content (AvgIpc) is 2.46. The fraction of sp³-hybridized carbons (Fsp3) is 0.250. The Bertz CT molecular complexity index is 567. The van der Waals surface area contributed by atoms with Crippen LogP contribution in [0.4, 0.5) is 0 Å². The van der Waals surface area contributed by atoms with E-state index < -0.39 is 0 Å². The Kier molecular flexibility index (Phi) is 5.44. The van der Waals surface area contributed by atoms with E-state index in [0.29, 0.717) is 10.0 Å². The molecular weight excluding hydrogens is 291 g/mol. The summed E-state index contributed by atoms with van der Waals surface area (Å²) >= 11 is 12.3. The van der Waals surface area contributed by atoms with E-state index in [0.717, 1.165) is 24.0 Å². The third-order valence-corrected chi connectivity index (χ3v) is 4.14. The Labute approximate surface area is 129 Å². The van der Waals surface area contributed by atoms with Crippen molar-refractivity contribution in [1.29, 1.82) is 0 Å². The second-order valence-corrected chi connectivity index (χ2v) is 5.52. The minimum absolute atomic E-state index is 0.170. The van der Waals surface area contributed by atoms with E-state index in [9.17, 15) is 0 Å². The maximum atomic E-state index is 6.27. The molecule has 1 atom stereocenters. The van der Waals surface area contributed by atoms with Crippen molar-refractivity contribution < 1.29 is 0 Å². The fourth-order valence-electron chi connectivity index (χ4n) is 2.27. The molecule has 20 heavy (non-hydrogen) atoms. The molecule has 4 heteroatoms. The van der Waals surface area contributed by atoms with Gasteiger partial charge in [0.2, 0.25) is 0 Å². The molecule has 0 aliphatic carbocycles. The van der Waals surface area contributed by atoms with Gasteiger partial charge in [-0.25, -0.2) is 5.43 Å². The molecule has 0 aliphatic heterocycles. The highest BCUT2D eigenvalue weighted by Crippen LogP contribution is 2.32. The van der Waals surface area contributed by atoms with Crippen LogP contribution in [-0.4, -0.2) is 0 Å². The highest BCUT2D eigenvalue weighted by molar-refractivity contribution is 6.42. The van der Waals surface area contributed by atoms with Crippen LogP contribution >= 0.6 is 23.2 Å². The van der Waals surface area contributed by atoms with Crippen LogP contribution < -0.4 is 11.3 Å². The molecule has 0 saturated heterocycles. The van der Waals surface area contributed by atoms with Gasteiger partial charge in [-0.05, 0) is 29.2 Å². The number of nitrogens with one attached hydrogen (secondary N) is 1. The Hall–Kier alpha value is -1.06. The van der Waals surface area contributed by atoms with Gasteiger partial charge < -0.3 is 0 Å². The molecular formula is C16H18Cl2N2. The number of hydrazine groups is 1. The quantitative estimate of drug-likeness (QED) is 0.630. The van der Waals surface area contributed by atoms with Crippen LogP contribution in [0.15, 0.2) is 42.5 Å². The van der Waals surface area contributed by atoms with Gasteiger partial charge in [0.15, 0.2) is 0 Å². The Morgan fingerprint density at radius 2 is 1.80 bits per heavy atom. The minimum atomic E-state index is -0.170. The van der Waals surface area contributed by atoms with Crippen molar-refractivity contribution in [2.24, 2.45) is 5.84 Å². The van der Waals surface area contributed by atoms with Gasteiger partial charge in [0.1, 0.15) is 0 Å². The highest BCUT2D eigenvalue weighted by Gasteiger charge is 2.16. The summed E-state index contributed by atoms with van der Waals surface area (Å²) in [4.78, 5) is 0. The second-order valence-electron chi connectivity index (χ2n) is 4.73. The first-order valence-corrected chi connectivity index (χ1v) is 7.41. The molecule has 1 unspecified atom stereocenters. The van der Waals surface area contributed by atoms with Crippen LogP contribution in [0.2, 0.25) is 10.0 Å². The summed E-state index contributed by atoms with van der Waals surface area (Å²) in [7, 11) is 0. The first-order chi connectivity index (χ1) is 9.67. The van der Waals surface area contributed by atoms with E-state index in [1.165, 1.54) is 5.56 Å². The van der Waals surface area contributed by atoms with Crippen molar-refractivity contribution in [2.75, 3.05) is 0 Å². The summed E-state index contributed by atoms with van der Waals surface area (Å²) < 4.78 is 0. The minimum Gasteiger partial charge on any atom is -0.271 e. The molecule has 0 aliphatic rings. The summed E-state index contributed by atoms with van der Waals surface area (Å²) in [5.74, 6) is 5.70. The Morgan fingerprint density at radius 3 is 2.40 bits per heavy atom. The zero-order valence-electron chi connectivity index (χ0n) is 11.4. The predicted molar refractivity (Wildman–Crippen MR) is 86.1 cm³/mol. The monoisotopic (exact) mass is 308 g/mol. The largest absolute Gasteiger partial charge is 0.271 e. The van der Waals surface area contributed by atoms with Crippen LogP contribution in [0.5, 0.6) is 0 Å². The average molecular weight is 309 g/mol. The van der Waals surface area contributed by atoms with Gasteiger partial charge in [-0.15, -0.1) is 0 Å². The molecule has 2 aromatic carbocycles. The predicted octanol–water partition coefficient (Wildman–Crippen LogP) is 4.50. The summed E-state index contributed by atoms with van der Waals surface area (Å²) in [6.07, 6.45) is 2.22. The van der Waals surface area contributed by atoms with Crippen molar-refractivity contribution in [3.8, 4) is 0 Å². The van der Waals surface area contributed by atoms with E-state index in [-0.39, 0.29) is 6.04 Å². The molecule has 0 amide bonds. The van der Waals surface area contributed by atoms with Gasteiger partial charge in [-0.3, -0.25) is 5.84 Å². The van der Waals surface area contributed by atoms with Crippen molar-refractivity contribution in [3.05, 3.63) is 69.2 Å². The first kappa shape index (κ1) is 15.3. The zero-order valence-corrected chi connectivity index (χ0v) is 12.9. The van der Waals surface area contributed by atoms with E-state index >= 15 is 0 Å². The van der Waals surface area contributed by atoms with Crippen LogP contribution in [-0.2, 0) is 6.42 Å². The number of rotatable bonds is 5. The highest BCUT2D eigenvalue weighted by atomic mass is 35.5. The second kappa shape index (κ2) is 7.09. The van der Waals surface area contributed by atoms with Crippen LogP contribution in [0.25, 0.3) is 0 Å². The fourth-order valence-corrected chi connectivity index (χ4v) is 2.69. The number of nitrogens with two attached hydrogens (primary N) is 1. The van der Waals surface area contributed by atoms with Crippen LogP contribution in [0.1, 0.15) is 36.1 Å². The summed E-state index contributed by atoms with van der Waals surface area (Å²) in [5.41, 5.74) is 6.08. The molecule has 3 N–H and O–H groups in total. The maximum absolute atomic E-state index is 6.27. The molecule has 0 spiro atoms. The molecule has 0 heterocycles. The lowest BCUT2D eigenvalue weighted by Crippen LogP contribution is -2.29. The number of hydrogen-bond donors (Lipinski definition) is 2. The normalized spacial score (nSPS) is 12.4. The SMILES string of the molecule is CCCc1ccc(C(NN)c2cccc(Cl)c2Cl)cc1. The van der Waals surface area contributed by atoms with Crippen molar-refractivity contribution in [2.45, 2.75) is 25.8 Å². The van der Waals surface area contributed by atoms with Gasteiger partial charge >= 0.3 is 0 Å². The maximum Gasteiger partial charge on any atom is 0.0725 e. The van der Waals surface area contributed by atoms with Gasteiger partial charge in [-0.1, -0.05) is 72.9 Å². The van der Waals surface area contributed by atoms with E-state index in [4.69, 9.17) is 29.0 Å². The molecule has 2 nitrogen and oxygen atoms in total. The lowest BCUT2D eigenvalue weighted by molar-refractivity contribution is 0.637. The van der Waals surface area contributed by atoms with E-state index in [2.05, 4.69) is 36.6 Å². The van der Waals surface area contributed by atoms with Gasteiger partial charge in [-0.2, -0.15) is 0 Å². The molecule has 106 valence electrons. The van der Waals surface area contributed by atoms with E-state index in [1.807, 2.05) is 12.1 Å². The third kappa shape index (κ3) is 3.33. The molecule has 0 fully saturated rings. The van der Waals surface area contributed by atoms with Crippen molar-refractivity contribution in [1.82, 2.24) is 5.43 Å². The summed E-state index contributed by atoms with van der Waals surface area (Å²) in [6.45, 7) is 2.17. The van der Waals surface area contributed by atoms with E-state index in [1.54, 1.807) is 6.07 Å². The van der Waals surface area contributed by atoms with Gasteiger partial charge in [0, 0.05) is 0 Å². The smallest absolute Gasteiger partial charge is 0.0725 e. The van der Waals surface area contributed by atoms with Crippen molar-refractivity contribution in [3.63, 3.8) is 0 Å². The molecule has 0 aromatic heterocycles. The topological polar surface area (TPSA) is 38.0 Å². The van der Waals surface area contributed by atoms with Crippen LogP contribution in [0.3, 0.4) is 0 Å². The van der Waals surface area contributed by atoms with Gasteiger partial charge in [0.05, 0.1) is 16.1 Å². The molecule has 0 saturated carbocycles. The Morgan fingerprint density at radius 1 is 1.10 bits per heavy atom. The lowest BCUT2D eigenvalue weighted by Gasteiger charge is -2.19. The zero-order chi connectivity index (χ0) is 14.5. The number of hydrogen-bond acceptors (Lipinski definition) is 2. The molecule has 2 rings (SSSR count). The number of halogens is 2. The molecule has 0 radical (unpaired) electrons. The standard InChI is InChI=1S/C16H18Cl2N2/c1-2-4-11-7-9-12(10-8-11)16(20-19)13-5-3-6-14(17)15(13)18/h3,5-10,16,20H,2,4,19H2,1H3.